The molecule has 0 aromatic carbocycles. The van der Waals surface area contributed by atoms with Gasteiger partial charge in [0.1, 0.15) is 11.7 Å². The van der Waals surface area contributed by atoms with Crippen LogP contribution in [0.25, 0.3) is 0 Å². The normalized spacial score (nSPS) is 33.3. The highest BCUT2D eigenvalue weighted by Crippen LogP contribution is 2.67. The first-order chi connectivity index (χ1) is 22.1. The Labute approximate surface area is 290 Å². The second kappa shape index (κ2) is 15.4. The van der Waals surface area contributed by atoms with Crippen molar-refractivity contribution in [2.45, 2.75) is 157 Å². The van der Waals surface area contributed by atoms with Crippen molar-refractivity contribution in [2.75, 3.05) is 0 Å². The molecule has 0 aromatic rings. The first-order valence-corrected chi connectivity index (χ1v) is 17.7. The molecule has 3 aliphatic rings. The first-order valence-electron chi connectivity index (χ1n) is 17.7. The standard InChI is InChI=1S/C42H62O6/c1-29(18-14-19-31(3)22-23-37-38(6,7)26-35(47-33(5)43)27-40(37,10)46)16-12-13-17-30(2)20-15-21-32(4)36(45)28-42-39(8,9)24-34(44)25-41(42,11)48-42/h12-14,16-19,21,23,34-35,44,46H,15,20,22,24-28H2,1-11H3/b13-12+,18-14+,29-16+,30-17+,31-19+,32-21+,37-23?/t34-,35-,40+,41+,42-/m0/s1. The van der Waals surface area contributed by atoms with Crippen LogP contribution >= 0.6 is 0 Å². The molecular formula is C42H62O6. The van der Waals surface area contributed by atoms with E-state index in [9.17, 15) is 19.8 Å². The number of fused-ring (bicyclic) bond motifs is 1. The zero-order valence-corrected chi connectivity index (χ0v) is 31.5. The number of ketones is 1. The number of allylic oxidation sites excluding steroid dienone is 13. The number of esters is 1. The highest BCUT2D eigenvalue weighted by atomic mass is 16.6. The first kappa shape index (κ1) is 39.6. The van der Waals surface area contributed by atoms with E-state index in [0.717, 1.165) is 36.0 Å². The Hall–Kier alpha value is -2.80. The number of carbonyl (C=O) groups excluding carboxylic acids is 2. The molecule has 3 rings (SSSR count). The van der Waals surface area contributed by atoms with Gasteiger partial charge in [-0.3, -0.25) is 9.59 Å². The number of aliphatic hydroxyl groups is 2. The summed E-state index contributed by atoms with van der Waals surface area (Å²) in [6.07, 6.45) is 23.2. The summed E-state index contributed by atoms with van der Waals surface area (Å²) in [5.74, 6) is -0.169. The predicted molar refractivity (Wildman–Crippen MR) is 195 cm³/mol. The van der Waals surface area contributed by atoms with E-state index in [1.807, 2.05) is 32.9 Å². The molecule has 1 saturated heterocycles. The number of carbonyl (C=O) groups is 2. The maximum absolute atomic E-state index is 13.1. The Bertz CT molecular complexity index is 1410. The molecule has 1 heterocycles. The SMILES string of the molecule is CC(=O)O[C@H]1CC(C)(C)C(=CC/C(C)=C/C=C/C(C)=C/C=C/C=C(\C)CC/C=C(\C)C(=O)C[C@@]23O[C@]2(C)C[C@@H](O)CC3(C)C)[C@](C)(O)C1. The van der Waals surface area contributed by atoms with Crippen LogP contribution in [-0.4, -0.2) is 51.0 Å². The van der Waals surface area contributed by atoms with E-state index in [2.05, 4.69) is 91.0 Å². The Balaban J connectivity index is 1.46. The van der Waals surface area contributed by atoms with Gasteiger partial charge >= 0.3 is 5.97 Å². The summed E-state index contributed by atoms with van der Waals surface area (Å²) in [5.41, 5.74) is 2.95. The smallest absolute Gasteiger partial charge is 0.302 e. The number of aliphatic hydroxyl groups excluding tert-OH is 1. The van der Waals surface area contributed by atoms with Crippen LogP contribution in [0.1, 0.15) is 128 Å². The van der Waals surface area contributed by atoms with E-state index in [1.165, 1.54) is 18.1 Å². The molecule has 2 aliphatic carbocycles. The van der Waals surface area contributed by atoms with Gasteiger partial charge in [-0.15, -0.1) is 0 Å². The number of ether oxygens (including phenoxy) is 2. The Morgan fingerprint density at radius 3 is 2.15 bits per heavy atom. The summed E-state index contributed by atoms with van der Waals surface area (Å²) in [7, 11) is 0. The van der Waals surface area contributed by atoms with Crippen molar-refractivity contribution in [3.63, 3.8) is 0 Å². The van der Waals surface area contributed by atoms with Gasteiger partial charge in [0.2, 0.25) is 0 Å². The maximum Gasteiger partial charge on any atom is 0.302 e. The van der Waals surface area contributed by atoms with Crippen LogP contribution in [0.4, 0.5) is 0 Å². The minimum Gasteiger partial charge on any atom is -0.462 e. The number of Topliss-reactive ketones (excluding diaryl/α,β-unsaturated/α-hetero) is 1. The molecule has 3 fully saturated rings. The van der Waals surface area contributed by atoms with Gasteiger partial charge in [0.05, 0.1) is 17.3 Å². The molecule has 2 N–H and O–H groups in total. The molecule has 0 amide bonds. The van der Waals surface area contributed by atoms with Crippen molar-refractivity contribution in [1.29, 1.82) is 0 Å². The molecular weight excluding hydrogens is 600 g/mol. The van der Waals surface area contributed by atoms with Gasteiger partial charge in [0.25, 0.3) is 0 Å². The molecule has 5 atom stereocenters. The third-order valence-electron chi connectivity index (χ3n) is 10.7. The zero-order valence-electron chi connectivity index (χ0n) is 31.5. The van der Waals surface area contributed by atoms with Crippen LogP contribution in [0.5, 0.6) is 0 Å². The van der Waals surface area contributed by atoms with Gasteiger partial charge in [-0.05, 0) is 95.6 Å². The fourth-order valence-electron chi connectivity index (χ4n) is 8.26. The van der Waals surface area contributed by atoms with E-state index in [4.69, 9.17) is 9.47 Å². The van der Waals surface area contributed by atoms with E-state index in [-0.39, 0.29) is 34.8 Å². The molecule has 2 saturated carbocycles. The van der Waals surface area contributed by atoms with E-state index >= 15 is 0 Å². The minimum absolute atomic E-state index is 0.137. The Morgan fingerprint density at radius 2 is 1.52 bits per heavy atom. The van der Waals surface area contributed by atoms with Gasteiger partial charge in [0.15, 0.2) is 5.78 Å². The molecule has 0 radical (unpaired) electrons. The van der Waals surface area contributed by atoms with Crippen LogP contribution in [-0.2, 0) is 19.1 Å². The zero-order chi connectivity index (χ0) is 36.1. The molecule has 0 bridgehead atoms. The minimum atomic E-state index is -1.02. The fourth-order valence-corrected chi connectivity index (χ4v) is 8.26. The average molecular weight is 663 g/mol. The molecule has 6 heteroatoms. The molecule has 48 heavy (non-hydrogen) atoms. The second-order valence-electron chi connectivity index (χ2n) is 16.4. The number of epoxide rings is 1. The van der Waals surface area contributed by atoms with Crippen LogP contribution in [0, 0.1) is 10.8 Å². The summed E-state index contributed by atoms with van der Waals surface area (Å²) in [6, 6.07) is 0. The van der Waals surface area contributed by atoms with E-state index in [0.29, 0.717) is 32.1 Å². The highest BCUT2D eigenvalue weighted by Gasteiger charge is 2.76. The van der Waals surface area contributed by atoms with Crippen molar-refractivity contribution in [2.24, 2.45) is 10.8 Å². The van der Waals surface area contributed by atoms with Crippen LogP contribution in [0.15, 0.2) is 82.5 Å². The predicted octanol–water partition coefficient (Wildman–Crippen LogP) is 9.15. The summed E-state index contributed by atoms with van der Waals surface area (Å²) < 4.78 is 11.6. The van der Waals surface area contributed by atoms with Crippen molar-refractivity contribution in [3.05, 3.63) is 82.5 Å². The van der Waals surface area contributed by atoms with Crippen LogP contribution in [0.3, 0.4) is 0 Å². The molecule has 0 aromatic heterocycles. The number of rotatable bonds is 13. The summed E-state index contributed by atoms with van der Waals surface area (Å²) in [4.78, 5) is 24.6. The molecule has 1 aliphatic heterocycles. The van der Waals surface area contributed by atoms with E-state index in [1.54, 1.807) is 0 Å². The van der Waals surface area contributed by atoms with Gasteiger partial charge in [-0.25, -0.2) is 0 Å². The monoisotopic (exact) mass is 662 g/mol. The third kappa shape index (κ3) is 9.89. The lowest BCUT2D eigenvalue weighted by Gasteiger charge is -2.46. The van der Waals surface area contributed by atoms with Crippen LogP contribution in [0.2, 0.25) is 0 Å². The second-order valence-corrected chi connectivity index (χ2v) is 16.4. The Kier molecular flexibility index (Phi) is 12.7. The largest absolute Gasteiger partial charge is 0.462 e. The lowest BCUT2D eigenvalue weighted by Crippen LogP contribution is -2.48. The Morgan fingerprint density at radius 1 is 0.875 bits per heavy atom. The molecule has 0 spiro atoms. The molecule has 266 valence electrons. The van der Waals surface area contributed by atoms with Gasteiger partial charge in [-0.1, -0.05) is 99.1 Å². The summed E-state index contributed by atoms with van der Waals surface area (Å²) in [5, 5.41) is 21.5. The third-order valence-corrected chi connectivity index (χ3v) is 10.7. The topological polar surface area (TPSA) is 96.4 Å². The van der Waals surface area contributed by atoms with Crippen LogP contribution < -0.4 is 0 Å². The quantitative estimate of drug-likeness (QED) is 0.0671. The van der Waals surface area contributed by atoms with Gasteiger partial charge in [-0.2, -0.15) is 0 Å². The van der Waals surface area contributed by atoms with E-state index < -0.39 is 16.8 Å². The lowest BCUT2D eigenvalue weighted by atomic mass is 9.61. The average Bonchev–Trinajstić information content (AvgIpc) is 3.53. The van der Waals surface area contributed by atoms with Crippen molar-refractivity contribution < 1.29 is 29.3 Å². The number of hydrogen-bond donors (Lipinski definition) is 2. The van der Waals surface area contributed by atoms with Crippen molar-refractivity contribution >= 4 is 11.8 Å². The lowest BCUT2D eigenvalue weighted by molar-refractivity contribution is -0.152. The maximum atomic E-state index is 13.1. The van der Waals surface area contributed by atoms with Gasteiger partial charge in [0, 0.05) is 26.2 Å². The molecule has 0 unspecified atom stereocenters. The molecule has 6 nitrogen and oxygen atoms in total. The summed E-state index contributed by atoms with van der Waals surface area (Å²) >= 11 is 0. The van der Waals surface area contributed by atoms with Crippen molar-refractivity contribution in [1.82, 2.24) is 0 Å². The van der Waals surface area contributed by atoms with Crippen molar-refractivity contribution in [3.8, 4) is 0 Å². The highest BCUT2D eigenvalue weighted by molar-refractivity contribution is 5.96. The number of hydrogen-bond acceptors (Lipinski definition) is 6. The summed E-state index contributed by atoms with van der Waals surface area (Å²) in [6.45, 7) is 21.9. The fraction of sp³-hybridized carbons (Fsp3) is 0.619. The van der Waals surface area contributed by atoms with Gasteiger partial charge < -0.3 is 19.7 Å².